The molecule has 0 saturated heterocycles. The molecule has 0 amide bonds. The molecule has 0 saturated carbocycles. The highest BCUT2D eigenvalue weighted by Crippen LogP contribution is 2.45. The Morgan fingerprint density at radius 1 is 0.464 bits per heavy atom. The SMILES string of the molecule is C=P(c1ccccc1)(c1ccccc1)c1cc2ccccc2c2ccccc12. The van der Waals surface area contributed by atoms with Gasteiger partial charge < -0.3 is 0 Å². The van der Waals surface area contributed by atoms with Gasteiger partial charge in [0.1, 0.15) is 0 Å². The van der Waals surface area contributed by atoms with E-state index in [4.69, 9.17) is 6.30 Å². The highest BCUT2D eigenvalue weighted by molar-refractivity contribution is 7.93. The average Bonchev–Trinajstić information content (AvgIpc) is 2.79. The minimum absolute atomic E-state index is 1.27. The fourth-order valence-electron chi connectivity index (χ4n) is 4.14. The number of benzene rings is 5. The lowest BCUT2D eigenvalue weighted by Crippen LogP contribution is -2.26. The van der Waals surface area contributed by atoms with Gasteiger partial charge >= 0.3 is 0 Å². The van der Waals surface area contributed by atoms with Crippen LogP contribution in [0, 0.1) is 0 Å². The van der Waals surface area contributed by atoms with Crippen LogP contribution in [0.5, 0.6) is 0 Å². The summed E-state index contributed by atoms with van der Waals surface area (Å²) in [7, 11) is 0. The maximum atomic E-state index is 4.95. The molecule has 0 spiro atoms. The van der Waals surface area contributed by atoms with E-state index in [0.717, 1.165) is 0 Å². The minimum Gasteiger partial charge on any atom is -0.0887 e. The topological polar surface area (TPSA) is 0 Å². The largest absolute Gasteiger partial charge is 0.0887 e. The van der Waals surface area contributed by atoms with Crippen LogP contribution < -0.4 is 15.9 Å². The lowest BCUT2D eigenvalue weighted by molar-refractivity contribution is 1.75. The standard InChI is InChI=1S/C27H21P/c1-28(22-13-4-2-5-14-22,23-15-6-3-7-16-23)27-20-21-12-8-9-17-24(21)25-18-10-11-19-26(25)27/h2-20H,1H2. The van der Waals surface area contributed by atoms with E-state index in [2.05, 4.69) is 115 Å². The molecule has 0 aliphatic carbocycles. The van der Waals surface area contributed by atoms with E-state index in [0.29, 0.717) is 0 Å². The Labute approximate surface area is 166 Å². The highest BCUT2D eigenvalue weighted by atomic mass is 31.2. The Bertz CT molecular complexity index is 1270. The molecule has 0 aliphatic heterocycles. The van der Waals surface area contributed by atoms with E-state index in [1.54, 1.807) is 0 Å². The van der Waals surface area contributed by atoms with E-state index < -0.39 is 6.89 Å². The van der Waals surface area contributed by atoms with Crippen molar-refractivity contribution < 1.29 is 0 Å². The molecule has 5 aromatic carbocycles. The number of rotatable bonds is 3. The van der Waals surface area contributed by atoms with Crippen molar-refractivity contribution in [3.05, 3.63) is 115 Å². The quantitative estimate of drug-likeness (QED) is 0.279. The van der Waals surface area contributed by atoms with Crippen LogP contribution >= 0.6 is 6.89 Å². The zero-order valence-electron chi connectivity index (χ0n) is 15.6. The van der Waals surface area contributed by atoms with Gasteiger partial charge in [-0.1, -0.05) is 115 Å². The smallest absolute Gasteiger partial charge is 0.00810 e. The van der Waals surface area contributed by atoms with Crippen molar-refractivity contribution >= 4 is 50.6 Å². The Hall–Kier alpha value is -3.08. The highest BCUT2D eigenvalue weighted by Gasteiger charge is 2.24. The van der Waals surface area contributed by atoms with Crippen molar-refractivity contribution in [1.29, 1.82) is 0 Å². The molecular weight excluding hydrogens is 355 g/mol. The van der Waals surface area contributed by atoms with Gasteiger partial charge in [-0.2, -0.15) is 0 Å². The van der Waals surface area contributed by atoms with Crippen molar-refractivity contribution in [2.45, 2.75) is 0 Å². The summed E-state index contributed by atoms with van der Waals surface area (Å²) in [4.78, 5) is 0. The first-order chi connectivity index (χ1) is 13.8. The predicted molar refractivity (Wildman–Crippen MR) is 127 cm³/mol. The molecule has 0 atom stereocenters. The summed E-state index contributed by atoms with van der Waals surface area (Å²) in [6.45, 7) is -2.03. The summed E-state index contributed by atoms with van der Waals surface area (Å²) in [5.74, 6) is 0. The van der Waals surface area contributed by atoms with Crippen molar-refractivity contribution in [3.8, 4) is 0 Å². The van der Waals surface area contributed by atoms with Crippen molar-refractivity contribution in [3.63, 3.8) is 0 Å². The molecule has 0 radical (unpaired) electrons. The minimum atomic E-state index is -2.03. The molecule has 0 fully saturated rings. The fraction of sp³-hybridized carbons (Fsp3) is 0. The molecule has 0 aromatic heterocycles. The zero-order chi connectivity index (χ0) is 19.0. The van der Waals surface area contributed by atoms with E-state index in [1.807, 2.05) is 0 Å². The molecule has 5 rings (SSSR count). The molecule has 0 nitrogen and oxygen atoms in total. The molecule has 0 heterocycles. The second-order valence-corrected chi connectivity index (χ2v) is 10.3. The Morgan fingerprint density at radius 3 is 1.54 bits per heavy atom. The number of hydrogen-bond donors (Lipinski definition) is 0. The van der Waals surface area contributed by atoms with Crippen LogP contribution in [0.15, 0.2) is 115 Å². The predicted octanol–water partition coefficient (Wildman–Crippen LogP) is 5.72. The van der Waals surface area contributed by atoms with Gasteiger partial charge in [0.2, 0.25) is 0 Å². The third kappa shape index (κ3) is 2.61. The molecule has 134 valence electrons. The summed E-state index contributed by atoms with van der Waals surface area (Å²) in [5.41, 5.74) is 0. The molecule has 28 heavy (non-hydrogen) atoms. The lowest BCUT2D eigenvalue weighted by Gasteiger charge is -2.28. The van der Waals surface area contributed by atoms with Crippen LogP contribution in [-0.4, -0.2) is 6.30 Å². The third-order valence-electron chi connectivity index (χ3n) is 5.55. The number of hydrogen-bond acceptors (Lipinski definition) is 0. The van der Waals surface area contributed by atoms with Gasteiger partial charge in [0.25, 0.3) is 0 Å². The second kappa shape index (κ2) is 6.82. The van der Waals surface area contributed by atoms with Gasteiger partial charge in [0.15, 0.2) is 0 Å². The molecule has 0 N–H and O–H groups in total. The molecule has 5 aromatic rings. The van der Waals surface area contributed by atoms with Gasteiger partial charge in [-0.25, -0.2) is 0 Å². The van der Waals surface area contributed by atoms with E-state index >= 15 is 0 Å². The second-order valence-electron chi connectivity index (χ2n) is 7.14. The summed E-state index contributed by atoms with van der Waals surface area (Å²) in [6, 6.07) is 41.4. The first kappa shape index (κ1) is 17.0. The summed E-state index contributed by atoms with van der Waals surface area (Å²) in [6.07, 6.45) is 4.95. The van der Waals surface area contributed by atoms with Crippen molar-refractivity contribution in [2.24, 2.45) is 0 Å². The number of fused-ring (bicyclic) bond motifs is 3. The van der Waals surface area contributed by atoms with Crippen LogP contribution in [0.25, 0.3) is 21.5 Å². The van der Waals surface area contributed by atoms with E-state index in [1.165, 1.54) is 37.5 Å². The summed E-state index contributed by atoms with van der Waals surface area (Å²) in [5, 5.41) is 9.14. The van der Waals surface area contributed by atoms with Gasteiger partial charge in [-0.3, -0.25) is 0 Å². The normalized spacial score (nSPS) is 11.7. The van der Waals surface area contributed by atoms with Gasteiger partial charge in [0, 0.05) is 0 Å². The third-order valence-corrected chi connectivity index (χ3v) is 9.10. The first-order valence-electron chi connectivity index (χ1n) is 9.54. The Morgan fingerprint density at radius 2 is 0.929 bits per heavy atom. The average molecular weight is 376 g/mol. The fourth-order valence-corrected chi connectivity index (χ4v) is 7.32. The van der Waals surface area contributed by atoms with E-state index in [9.17, 15) is 0 Å². The monoisotopic (exact) mass is 376 g/mol. The van der Waals surface area contributed by atoms with Gasteiger partial charge in [0.05, 0.1) is 0 Å². The van der Waals surface area contributed by atoms with Crippen LogP contribution in [0.3, 0.4) is 0 Å². The molecule has 0 unspecified atom stereocenters. The van der Waals surface area contributed by atoms with Crippen LogP contribution in [0.4, 0.5) is 0 Å². The molecular formula is C27H21P. The lowest BCUT2D eigenvalue weighted by atomic mass is 10.0. The summed E-state index contributed by atoms with van der Waals surface area (Å²) >= 11 is 0. The maximum Gasteiger partial charge on any atom is -0.00810 e. The Balaban J connectivity index is 1.96. The Kier molecular flexibility index (Phi) is 4.15. The van der Waals surface area contributed by atoms with Crippen molar-refractivity contribution in [1.82, 2.24) is 0 Å². The molecule has 0 aliphatic rings. The van der Waals surface area contributed by atoms with Crippen molar-refractivity contribution in [2.75, 3.05) is 0 Å². The maximum absolute atomic E-state index is 4.95. The molecule has 1 heteroatoms. The van der Waals surface area contributed by atoms with E-state index in [-0.39, 0.29) is 0 Å². The van der Waals surface area contributed by atoms with Crippen LogP contribution in [0.1, 0.15) is 0 Å². The zero-order valence-corrected chi connectivity index (χ0v) is 16.5. The first-order valence-corrected chi connectivity index (χ1v) is 11.5. The van der Waals surface area contributed by atoms with Crippen LogP contribution in [-0.2, 0) is 0 Å². The summed E-state index contributed by atoms with van der Waals surface area (Å²) < 4.78 is 0. The van der Waals surface area contributed by atoms with Crippen LogP contribution in [0.2, 0.25) is 0 Å². The van der Waals surface area contributed by atoms with Gasteiger partial charge in [-0.15, -0.1) is 0 Å². The molecule has 0 bridgehead atoms. The van der Waals surface area contributed by atoms with Gasteiger partial charge in [-0.05, 0) is 50.4 Å².